The van der Waals surface area contributed by atoms with Gasteiger partial charge in [-0.1, -0.05) is 48.0 Å². The number of carbonyl (C=O) groups is 1. The predicted octanol–water partition coefficient (Wildman–Crippen LogP) is 7.08. The van der Waals surface area contributed by atoms with Crippen molar-refractivity contribution in [1.82, 2.24) is 5.32 Å². The number of ether oxygens (including phenoxy) is 1. The fraction of sp³-hybridized carbons (Fsp3) is 0.900. The standard InChI is InChI=1S/C23H39NO2.2C2H6.C2H4.CH5N/c1-15-4-6-17-16(12-15)5-7-19-18(17)10-11-23(2)20(19)8-9-21(23)22(25)13-24-14-26-3;4*1-2/h15-21,24H,4-14H2,1-3H3;2*1-2H3;1-2H2;2H2,1H3. The van der Waals surface area contributed by atoms with Gasteiger partial charge >= 0.3 is 0 Å². The second-order valence-electron chi connectivity index (χ2n) is 10.4. The second kappa shape index (κ2) is 17.7. The van der Waals surface area contributed by atoms with Crippen LogP contribution in [-0.4, -0.2) is 33.2 Å². The number of ketones is 1. The van der Waals surface area contributed by atoms with Crippen LogP contribution in [0.3, 0.4) is 0 Å². The van der Waals surface area contributed by atoms with Crippen molar-refractivity contribution in [3.8, 4) is 0 Å². The van der Waals surface area contributed by atoms with Crippen LogP contribution in [0, 0.1) is 46.8 Å². The van der Waals surface area contributed by atoms with Gasteiger partial charge in [0, 0.05) is 13.0 Å². The van der Waals surface area contributed by atoms with Gasteiger partial charge in [-0.05, 0) is 99.3 Å². The maximum atomic E-state index is 12.9. The van der Waals surface area contributed by atoms with Crippen molar-refractivity contribution in [2.75, 3.05) is 27.4 Å². The Labute approximate surface area is 213 Å². The van der Waals surface area contributed by atoms with E-state index in [4.69, 9.17) is 4.74 Å². The molecule has 0 heterocycles. The molecule has 0 aliphatic heterocycles. The molecule has 0 amide bonds. The molecule has 4 saturated carbocycles. The Hall–Kier alpha value is -0.710. The molecule has 0 aromatic rings. The summed E-state index contributed by atoms with van der Waals surface area (Å²) in [5, 5.41) is 3.15. The molecule has 0 radical (unpaired) electrons. The van der Waals surface area contributed by atoms with Crippen LogP contribution in [0.25, 0.3) is 0 Å². The van der Waals surface area contributed by atoms with Gasteiger partial charge in [0.05, 0.1) is 13.3 Å². The van der Waals surface area contributed by atoms with Gasteiger partial charge in [-0.25, -0.2) is 0 Å². The first-order valence-electron chi connectivity index (χ1n) is 14.3. The zero-order valence-corrected chi connectivity index (χ0v) is 24.1. The van der Waals surface area contributed by atoms with Gasteiger partial charge < -0.3 is 10.5 Å². The lowest BCUT2D eigenvalue weighted by Crippen LogP contribution is -2.49. The topological polar surface area (TPSA) is 64.3 Å². The first kappa shape index (κ1) is 33.3. The van der Waals surface area contributed by atoms with E-state index in [1.807, 2.05) is 27.7 Å². The zero-order valence-electron chi connectivity index (χ0n) is 24.1. The van der Waals surface area contributed by atoms with Crippen LogP contribution in [0.15, 0.2) is 13.2 Å². The highest BCUT2D eigenvalue weighted by Crippen LogP contribution is 2.64. The van der Waals surface area contributed by atoms with Crippen LogP contribution < -0.4 is 11.1 Å². The molecule has 3 N–H and O–H groups in total. The monoisotopic (exact) mass is 480 g/mol. The quantitative estimate of drug-likeness (QED) is 0.250. The summed E-state index contributed by atoms with van der Waals surface area (Å²) in [6.45, 7) is 19.9. The minimum absolute atomic E-state index is 0.266. The van der Waals surface area contributed by atoms with Crippen LogP contribution in [0.5, 0.6) is 0 Å². The van der Waals surface area contributed by atoms with E-state index >= 15 is 0 Å². The zero-order chi connectivity index (χ0) is 26.3. The van der Waals surface area contributed by atoms with E-state index in [0.29, 0.717) is 19.1 Å². The molecule has 0 aromatic carbocycles. The summed E-state index contributed by atoms with van der Waals surface area (Å²) < 4.78 is 5.05. The van der Waals surface area contributed by atoms with Gasteiger partial charge in [0.15, 0.2) is 0 Å². The van der Waals surface area contributed by atoms with E-state index in [1.54, 1.807) is 7.11 Å². The lowest BCUT2D eigenvalue weighted by atomic mass is 9.49. The number of Topliss-reactive ketones (excluding diaryl/α,β-unsaturated/α-hetero) is 1. The minimum atomic E-state index is 0.266. The van der Waals surface area contributed by atoms with Gasteiger partial charge in [-0.15, -0.1) is 13.2 Å². The largest absolute Gasteiger partial charge is 0.370 e. The van der Waals surface area contributed by atoms with Gasteiger partial charge in [0.2, 0.25) is 0 Å². The summed E-state index contributed by atoms with van der Waals surface area (Å²) in [6.07, 6.45) is 12.5. The van der Waals surface area contributed by atoms with Crippen molar-refractivity contribution in [2.24, 2.45) is 52.6 Å². The Morgan fingerprint density at radius 1 is 0.941 bits per heavy atom. The third-order valence-corrected chi connectivity index (χ3v) is 9.15. The number of nitrogens with two attached hydrogens (primary N) is 1. The smallest absolute Gasteiger partial charge is 0.150 e. The summed E-state index contributed by atoms with van der Waals surface area (Å²) in [4.78, 5) is 12.9. The van der Waals surface area contributed by atoms with Gasteiger partial charge in [-0.2, -0.15) is 0 Å². The average Bonchev–Trinajstić information content (AvgIpc) is 3.26. The molecule has 4 aliphatic carbocycles. The summed E-state index contributed by atoms with van der Waals surface area (Å²) >= 11 is 0. The first-order chi connectivity index (χ1) is 16.5. The second-order valence-corrected chi connectivity index (χ2v) is 10.4. The van der Waals surface area contributed by atoms with E-state index in [9.17, 15) is 4.79 Å². The number of methoxy groups -OCH3 is 1. The fourth-order valence-corrected chi connectivity index (χ4v) is 8.02. The molecule has 0 saturated heterocycles. The van der Waals surface area contributed by atoms with E-state index < -0.39 is 0 Å². The van der Waals surface area contributed by atoms with Crippen molar-refractivity contribution in [2.45, 2.75) is 99.3 Å². The number of carbonyl (C=O) groups excluding carboxylic acids is 1. The van der Waals surface area contributed by atoms with E-state index in [2.05, 4.69) is 38.1 Å². The van der Waals surface area contributed by atoms with Crippen molar-refractivity contribution in [1.29, 1.82) is 0 Å². The summed E-state index contributed by atoms with van der Waals surface area (Å²) in [7, 11) is 3.17. The number of hydrogen-bond donors (Lipinski definition) is 2. The van der Waals surface area contributed by atoms with Crippen LogP contribution >= 0.6 is 0 Å². The fourth-order valence-electron chi connectivity index (χ4n) is 8.02. The van der Waals surface area contributed by atoms with Crippen molar-refractivity contribution < 1.29 is 9.53 Å². The Morgan fingerprint density at radius 3 is 2.18 bits per heavy atom. The highest BCUT2D eigenvalue weighted by Gasteiger charge is 2.58. The molecular formula is C30H60N2O2. The Balaban J connectivity index is 0.00000124. The van der Waals surface area contributed by atoms with Crippen LogP contribution in [-0.2, 0) is 9.53 Å². The van der Waals surface area contributed by atoms with Gasteiger partial charge in [0.25, 0.3) is 0 Å². The SMILES string of the molecule is C=C.CC.CC.CN.COCNCC(=O)C1CCC2C3CCC4CC(C)CCC4C3CCC12C. The number of nitrogens with one attached hydrogen (secondary N) is 1. The summed E-state index contributed by atoms with van der Waals surface area (Å²) in [6, 6.07) is 0. The van der Waals surface area contributed by atoms with Crippen molar-refractivity contribution in [3.63, 3.8) is 0 Å². The molecule has 4 heteroatoms. The maximum absolute atomic E-state index is 12.9. The summed E-state index contributed by atoms with van der Waals surface area (Å²) in [5.41, 5.74) is 4.77. The predicted molar refractivity (Wildman–Crippen MR) is 149 cm³/mol. The van der Waals surface area contributed by atoms with Gasteiger partial charge in [-0.3, -0.25) is 10.1 Å². The average molecular weight is 481 g/mol. The maximum Gasteiger partial charge on any atom is 0.150 e. The highest BCUT2D eigenvalue weighted by atomic mass is 16.5. The lowest BCUT2D eigenvalue weighted by molar-refractivity contribution is -0.129. The molecule has 34 heavy (non-hydrogen) atoms. The molecule has 0 bridgehead atoms. The molecule has 4 rings (SSSR count). The molecule has 4 nitrogen and oxygen atoms in total. The molecule has 4 fully saturated rings. The van der Waals surface area contributed by atoms with Gasteiger partial charge in [0.1, 0.15) is 5.78 Å². The third-order valence-electron chi connectivity index (χ3n) is 9.15. The molecule has 8 atom stereocenters. The van der Waals surface area contributed by atoms with Crippen molar-refractivity contribution >= 4 is 5.78 Å². The van der Waals surface area contributed by atoms with E-state index in [1.165, 1.54) is 58.4 Å². The minimum Gasteiger partial charge on any atom is -0.370 e. The molecule has 0 aromatic heterocycles. The van der Waals surface area contributed by atoms with Crippen LogP contribution in [0.1, 0.15) is 99.3 Å². The Bertz CT molecular complexity index is 540. The number of hydrogen-bond acceptors (Lipinski definition) is 4. The third kappa shape index (κ3) is 7.64. The highest BCUT2D eigenvalue weighted by molar-refractivity contribution is 5.84. The molecular weight excluding hydrogens is 420 g/mol. The molecule has 8 unspecified atom stereocenters. The van der Waals surface area contributed by atoms with Crippen LogP contribution in [0.4, 0.5) is 0 Å². The van der Waals surface area contributed by atoms with E-state index in [-0.39, 0.29) is 11.3 Å². The molecule has 4 aliphatic rings. The molecule has 0 spiro atoms. The first-order valence-corrected chi connectivity index (χ1v) is 14.3. The van der Waals surface area contributed by atoms with Crippen LogP contribution in [0.2, 0.25) is 0 Å². The lowest BCUT2D eigenvalue weighted by Gasteiger charge is -2.56. The Morgan fingerprint density at radius 2 is 1.56 bits per heavy atom. The summed E-state index contributed by atoms with van der Waals surface area (Å²) in [5.74, 6) is 6.38. The van der Waals surface area contributed by atoms with Crippen molar-refractivity contribution in [3.05, 3.63) is 13.2 Å². The normalized spacial score (nSPS) is 37.1. The Kier molecular flexibility index (Phi) is 17.3. The number of fused-ring (bicyclic) bond motifs is 5. The van der Waals surface area contributed by atoms with E-state index in [0.717, 1.165) is 41.9 Å². The molecule has 202 valence electrons. The number of rotatable bonds is 5.